The molecule has 0 radical (unpaired) electrons. The molecule has 4 nitrogen and oxygen atoms in total. The second-order valence-corrected chi connectivity index (χ2v) is 9.51. The molecule has 1 heterocycles. The van der Waals surface area contributed by atoms with Gasteiger partial charge in [-0.3, -0.25) is 4.79 Å². The lowest BCUT2D eigenvalue weighted by Gasteiger charge is -2.28. The fourth-order valence-electron chi connectivity index (χ4n) is 4.40. The average Bonchev–Trinajstić information content (AvgIpc) is 3.21. The maximum Gasteiger partial charge on any atom is 0.252 e. The van der Waals surface area contributed by atoms with Crippen LogP contribution in [0.4, 0.5) is 8.78 Å². The molecule has 1 aromatic rings. The number of carbonyl (C=O) groups excluding carboxylic acids is 1. The summed E-state index contributed by atoms with van der Waals surface area (Å²) in [5.41, 5.74) is 6.64. The van der Waals surface area contributed by atoms with E-state index in [9.17, 15) is 13.6 Å². The highest BCUT2D eigenvalue weighted by Crippen LogP contribution is 2.44. The first-order valence-corrected chi connectivity index (χ1v) is 11.1. The number of carbonyl (C=O) groups is 1. The maximum atomic E-state index is 13.2. The Labute approximate surface area is 163 Å². The van der Waals surface area contributed by atoms with Crippen LogP contribution in [0, 0.1) is 0 Å². The molecule has 4 N–H and O–H groups in total. The van der Waals surface area contributed by atoms with Gasteiger partial charge in [0.25, 0.3) is 5.91 Å². The van der Waals surface area contributed by atoms with Gasteiger partial charge in [-0.05, 0) is 51.0 Å². The van der Waals surface area contributed by atoms with Gasteiger partial charge in [0, 0.05) is 53.2 Å². The van der Waals surface area contributed by atoms with Crippen molar-refractivity contribution in [2.45, 2.75) is 93.8 Å². The summed E-state index contributed by atoms with van der Waals surface area (Å²) in [4.78, 5) is 13.7. The van der Waals surface area contributed by atoms with Crippen LogP contribution in [0.3, 0.4) is 0 Å². The summed E-state index contributed by atoms with van der Waals surface area (Å²) in [5.74, 6) is -2.19. The molecule has 7 heteroatoms. The highest BCUT2D eigenvalue weighted by atomic mass is 32.1. The second kappa shape index (κ2) is 7.76. The van der Waals surface area contributed by atoms with Gasteiger partial charge >= 0.3 is 0 Å². The number of nitrogens with one attached hydrogen (secondary N) is 2. The van der Waals surface area contributed by atoms with Crippen LogP contribution in [0.15, 0.2) is 11.4 Å². The molecule has 3 aliphatic rings. The predicted octanol–water partition coefficient (Wildman–Crippen LogP) is 3.77. The third-order valence-electron chi connectivity index (χ3n) is 6.31. The fraction of sp³-hybridized carbons (Fsp3) is 0.750. The Morgan fingerprint density at radius 1 is 1.11 bits per heavy atom. The number of alkyl halides is 2. The molecule has 3 aliphatic carbocycles. The number of hydrogen-bond donors (Lipinski definition) is 3. The number of rotatable bonds is 5. The maximum absolute atomic E-state index is 13.2. The van der Waals surface area contributed by atoms with E-state index in [0.717, 1.165) is 32.1 Å². The van der Waals surface area contributed by atoms with Gasteiger partial charge < -0.3 is 16.4 Å². The van der Waals surface area contributed by atoms with Gasteiger partial charge in [-0.25, -0.2) is 8.78 Å². The highest BCUT2D eigenvalue weighted by molar-refractivity contribution is 7.10. The van der Waals surface area contributed by atoms with E-state index in [2.05, 4.69) is 10.6 Å². The summed E-state index contributed by atoms with van der Waals surface area (Å²) < 4.78 is 26.5. The molecule has 0 saturated heterocycles. The van der Waals surface area contributed by atoms with E-state index in [1.165, 1.54) is 4.88 Å². The molecule has 27 heavy (non-hydrogen) atoms. The standard InChI is InChI=1S/C20H29F2N3OS/c21-20(22)7-5-15(6-8-20)25-19(26)12-9-18(27-11-12)16-10-17(16)24-14-3-1-13(23)2-4-14/h9,11,13-17,24H,1-8,10,23H2,(H,25,26)/t13-,14-,16-,17-/m1/s1. The first-order valence-electron chi connectivity index (χ1n) is 10.2. The van der Waals surface area contributed by atoms with E-state index in [1.807, 2.05) is 11.4 Å². The third kappa shape index (κ3) is 4.87. The fourth-order valence-corrected chi connectivity index (χ4v) is 5.47. The summed E-state index contributed by atoms with van der Waals surface area (Å²) in [6.07, 6.45) is 6.10. The first kappa shape index (κ1) is 19.3. The highest BCUT2D eigenvalue weighted by Gasteiger charge is 2.41. The van der Waals surface area contributed by atoms with Crippen LogP contribution < -0.4 is 16.4 Å². The van der Waals surface area contributed by atoms with E-state index in [4.69, 9.17) is 5.73 Å². The van der Waals surface area contributed by atoms with Crippen LogP contribution in [0.2, 0.25) is 0 Å². The molecule has 3 fully saturated rings. The van der Waals surface area contributed by atoms with Crippen molar-refractivity contribution in [2.24, 2.45) is 5.73 Å². The third-order valence-corrected chi connectivity index (χ3v) is 7.38. The van der Waals surface area contributed by atoms with Crippen LogP contribution in [0.5, 0.6) is 0 Å². The van der Waals surface area contributed by atoms with E-state index in [-0.39, 0.29) is 24.8 Å². The lowest BCUT2D eigenvalue weighted by Crippen LogP contribution is -2.40. The summed E-state index contributed by atoms with van der Waals surface area (Å²) in [5, 5.41) is 8.59. The number of hydrogen-bond acceptors (Lipinski definition) is 4. The quantitative estimate of drug-likeness (QED) is 0.708. The molecule has 2 atom stereocenters. The number of thiophene rings is 1. The van der Waals surface area contributed by atoms with Crippen LogP contribution in [-0.4, -0.2) is 36.0 Å². The normalized spacial score (nSPS) is 33.6. The Hall–Kier alpha value is -1.05. The van der Waals surface area contributed by atoms with E-state index in [1.54, 1.807) is 11.3 Å². The first-order chi connectivity index (χ1) is 12.9. The summed E-state index contributed by atoms with van der Waals surface area (Å²) in [6, 6.07) is 3.31. The molecule has 0 unspecified atom stereocenters. The Kier molecular flexibility index (Phi) is 5.54. The van der Waals surface area contributed by atoms with E-state index >= 15 is 0 Å². The molecule has 150 valence electrons. The lowest BCUT2D eigenvalue weighted by molar-refractivity contribution is -0.0399. The smallest absolute Gasteiger partial charge is 0.252 e. The lowest BCUT2D eigenvalue weighted by atomic mass is 9.92. The van der Waals surface area contributed by atoms with Gasteiger partial charge in [0.2, 0.25) is 5.92 Å². The van der Waals surface area contributed by atoms with Gasteiger partial charge in [-0.2, -0.15) is 0 Å². The molecule has 1 aromatic heterocycles. The molecule has 0 bridgehead atoms. The molecule has 0 aromatic carbocycles. The molecular formula is C20H29F2N3OS. The molecular weight excluding hydrogens is 368 g/mol. The van der Waals surface area contributed by atoms with Crippen molar-refractivity contribution in [2.75, 3.05) is 0 Å². The van der Waals surface area contributed by atoms with Gasteiger partial charge in [0.1, 0.15) is 0 Å². The minimum absolute atomic E-state index is 0.126. The number of nitrogens with two attached hydrogens (primary N) is 1. The summed E-state index contributed by atoms with van der Waals surface area (Å²) in [7, 11) is 0. The number of amides is 1. The van der Waals surface area contributed by atoms with Gasteiger partial charge in [0.15, 0.2) is 0 Å². The summed E-state index contributed by atoms with van der Waals surface area (Å²) >= 11 is 1.64. The zero-order chi connectivity index (χ0) is 19.0. The van der Waals surface area contributed by atoms with Gasteiger partial charge in [-0.1, -0.05) is 0 Å². The molecule has 3 saturated carbocycles. The summed E-state index contributed by atoms with van der Waals surface area (Å²) in [6.45, 7) is 0. The Morgan fingerprint density at radius 3 is 2.52 bits per heavy atom. The molecule has 1 amide bonds. The Balaban J connectivity index is 1.25. The molecule has 4 rings (SSSR count). The Morgan fingerprint density at radius 2 is 1.81 bits per heavy atom. The topological polar surface area (TPSA) is 67.1 Å². The average molecular weight is 398 g/mol. The minimum Gasteiger partial charge on any atom is -0.349 e. The van der Waals surface area contributed by atoms with Crippen molar-refractivity contribution in [3.05, 3.63) is 21.9 Å². The number of halogens is 2. The largest absolute Gasteiger partial charge is 0.349 e. The van der Waals surface area contributed by atoms with Crippen LogP contribution in [0.1, 0.15) is 78.9 Å². The zero-order valence-corrected chi connectivity index (χ0v) is 16.4. The van der Waals surface area contributed by atoms with Crippen molar-refractivity contribution in [1.82, 2.24) is 10.6 Å². The van der Waals surface area contributed by atoms with Crippen molar-refractivity contribution in [3.8, 4) is 0 Å². The van der Waals surface area contributed by atoms with Gasteiger partial charge in [0.05, 0.1) is 5.56 Å². The monoisotopic (exact) mass is 397 g/mol. The van der Waals surface area contributed by atoms with Crippen LogP contribution in [-0.2, 0) is 0 Å². The molecule has 0 spiro atoms. The second-order valence-electron chi connectivity index (χ2n) is 8.57. The van der Waals surface area contributed by atoms with E-state index < -0.39 is 5.92 Å². The van der Waals surface area contributed by atoms with Crippen molar-refractivity contribution in [1.29, 1.82) is 0 Å². The zero-order valence-electron chi connectivity index (χ0n) is 15.6. The van der Waals surface area contributed by atoms with Crippen LogP contribution >= 0.6 is 11.3 Å². The van der Waals surface area contributed by atoms with E-state index in [0.29, 0.717) is 42.4 Å². The van der Waals surface area contributed by atoms with Crippen LogP contribution in [0.25, 0.3) is 0 Å². The SMILES string of the molecule is N[C@H]1CC[C@H](N[C@@H]2C[C@H]2c2cc(C(=O)NC3CCC(F)(F)CC3)cs2)CC1. The van der Waals surface area contributed by atoms with Crippen molar-refractivity contribution < 1.29 is 13.6 Å². The van der Waals surface area contributed by atoms with Crippen molar-refractivity contribution in [3.63, 3.8) is 0 Å². The predicted molar refractivity (Wildman–Crippen MR) is 104 cm³/mol. The molecule has 0 aliphatic heterocycles. The minimum atomic E-state index is -2.56. The van der Waals surface area contributed by atoms with Gasteiger partial charge in [-0.15, -0.1) is 11.3 Å². The Bertz CT molecular complexity index is 662. The van der Waals surface area contributed by atoms with Crippen molar-refractivity contribution >= 4 is 17.2 Å².